The Labute approximate surface area is 146 Å². The van der Waals surface area contributed by atoms with Crippen LogP contribution in [0.25, 0.3) is 17.0 Å². The lowest BCUT2D eigenvalue weighted by atomic mass is 10.1. The Morgan fingerprint density at radius 1 is 1.00 bits per heavy atom. The Morgan fingerprint density at radius 2 is 1.72 bits per heavy atom. The molecule has 0 fully saturated rings. The first-order valence-corrected chi connectivity index (χ1v) is 7.82. The fourth-order valence-electron chi connectivity index (χ4n) is 2.77. The molecule has 2 aromatic carbocycles. The smallest absolute Gasteiger partial charge is 0.203 e. The second-order valence-corrected chi connectivity index (χ2v) is 5.52. The summed E-state index contributed by atoms with van der Waals surface area (Å²) in [6.45, 7) is 0. The van der Waals surface area contributed by atoms with Crippen LogP contribution in [-0.2, 0) is 6.42 Å². The van der Waals surface area contributed by atoms with E-state index in [0.29, 0.717) is 29.3 Å². The predicted octanol–water partition coefficient (Wildman–Crippen LogP) is 4.42. The zero-order chi connectivity index (χ0) is 17.8. The molecule has 25 heavy (non-hydrogen) atoms. The number of methoxy groups -OCH3 is 3. The quantitative estimate of drug-likeness (QED) is 0.720. The molecule has 0 bridgehead atoms. The summed E-state index contributed by atoms with van der Waals surface area (Å²) in [6.07, 6.45) is 6.23. The van der Waals surface area contributed by atoms with E-state index in [0.717, 1.165) is 16.5 Å². The highest BCUT2D eigenvalue weighted by atomic mass is 16.5. The molecule has 0 aliphatic rings. The average molecular weight is 340 g/mol. The number of aromatic hydroxyl groups is 1. The van der Waals surface area contributed by atoms with Crippen molar-refractivity contribution in [2.24, 2.45) is 0 Å². The largest absolute Gasteiger partial charge is 0.504 e. The van der Waals surface area contributed by atoms with Crippen LogP contribution in [0.4, 0.5) is 0 Å². The Kier molecular flexibility index (Phi) is 4.84. The zero-order valence-corrected chi connectivity index (χ0v) is 14.4. The van der Waals surface area contributed by atoms with Crippen molar-refractivity contribution in [3.63, 3.8) is 0 Å². The third-order valence-corrected chi connectivity index (χ3v) is 3.94. The molecule has 0 amide bonds. The van der Waals surface area contributed by atoms with Crippen LogP contribution in [0.1, 0.15) is 11.1 Å². The third kappa shape index (κ3) is 3.40. The van der Waals surface area contributed by atoms with Crippen molar-refractivity contribution in [3.8, 4) is 23.0 Å². The van der Waals surface area contributed by atoms with E-state index in [-0.39, 0.29) is 5.75 Å². The van der Waals surface area contributed by atoms with Crippen molar-refractivity contribution in [1.82, 2.24) is 0 Å². The van der Waals surface area contributed by atoms with Crippen molar-refractivity contribution in [1.29, 1.82) is 0 Å². The van der Waals surface area contributed by atoms with Gasteiger partial charge in [0.1, 0.15) is 0 Å². The van der Waals surface area contributed by atoms with E-state index in [4.69, 9.17) is 18.6 Å². The molecule has 3 aromatic rings. The topological polar surface area (TPSA) is 61.1 Å². The second kappa shape index (κ2) is 7.21. The molecule has 5 heteroatoms. The van der Waals surface area contributed by atoms with Crippen molar-refractivity contribution in [2.45, 2.75) is 6.42 Å². The van der Waals surface area contributed by atoms with Crippen LogP contribution in [-0.4, -0.2) is 26.4 Å². The minimum absolute atomic E-state index is 0.152. The second-order valence-electron chi connectivity index (χ2n) is 5.52. The van der Waals surface area contributed by atoms with E-state index < -0.39 is 0 Å². The minimum atomic E-state index is 0.152. The maximum Gasteiger partial charge on any atom is 0.203 e. The van der Waals surface area contributed by atoms with E-state index in [1.165, 1.54) is 0 Å². The lowest BCUT2D eigenvalue weighted by Gasteiger charge is -2.12. The van der Waals surface area contributed by atoms with Gasteiger partial charge in [-0.2, -0.15) is 0 Å². The van der Waals surface area contributed by atoms with Gasteiger partial charge in [0.25, 0.3) is 0 Å². The summed E-state index contributed by atoms with van der Waals surface area (Å²) >= 11 is 0. The van der Waals surface area contributed by atoms with Gasteiger partial charge in [0, 0.05) is 5.39 Å². The standard InChI is InChI=1S/C20H20O5/c1-22-17-11-14(12-18(23-2)20(17)24-3)6-4-5-13-9-15-7-8-25-19(15)16(21)10-13/h4,6-12,21H,5H2,1-3H3/b6-4-. The molecule has 0 saturated carbocycles. The molecule has 0 radical (unpaired) electrons. The third-order valence-electron chi connectivity index (χ3n) is 3.94. The van der Waals surface area contributed by atoms with E-state index in [9.17, 15) is 5.11 Å². The van der Waals surface area contributed by atoms with Gasteiger partial charge in [-0.3, -0.25) is 0 Å². The first-order chi connectivity index (χ1) is 12.2. The fraction of sp³-hybridized carbons (Fsp3) is 0.200. The first kappa shape index (κ1) is 16.8. The number of rotatable bonds is 6. The highest BCUT2D eigenvalue weighted by Gasteiger charge is 2.12. The number of hydrogen-bond acceptors (Lipinski definition) is 5. The minimum Gasteiger partial charge on any atom is -0.504 e. The van der Waals surface area contributed by atoms with Gasteiger partial charge in [0.15, 0.2) is 22.8 Å². The summed E-state index contributed by atoms with van der Waals surface area (Å²) in [5, 5.41) is 10.9. The van der Waals surface area contributed by atoms with Crippen LogP contribution in [0, 0.1) is 0 Å². The highest BCUT2D eigenvalue weighted by molar-refractivity contribution is 5.83. The number of phenolic OH excluding ortho intramolecular Hbond substituents is 1. The Balaban J connectivity index is 1.83. The summed E-state index contributed by atoms with van der Waals surface area (Å²) in [6, 6.07) is 9.31. The van der Waals surface area contributed by atoms with Crippen LogP contribution in [0.5, 0.6) is 23.0 Å². The lowest BCUT2D eigenvalue weighted by molar-refractivity contribution is 0.324. The summed E-state index contributed by atoms with van der Waals surface area (Å²) in [5.41, 5.74) is 2.44. The Bertz CT molecular complexity index is 883. The molecule has 0 aliphatic heterocycles. The number of fused-ring (bicyclic) bond motifs is 1. The molecule has 130 valence electrons. The molecule has 5 nitrogen and oxygen atoms in total. The molecule has 1 aromatic heterocycles. The Hall–Kier alpha value is -3.08. The molecule has 3 rings (SSSR count). The maximum absolute atomic E-state index is 9.99. The van der Waals surface area contributed by atoms with Gasteiger partial charge in [-0.05, 0) is 47.9 Å². The highest BCUT2D eigenvalue weighted by Crippen LogP contribution is 2.38. The molecule has 0 saturated heterocycles. The van der Waals surface area contributed by atoms with Crippen molar-refractivity contribution >= 4 is 17.0 Å². The normalized spacial score (nSPS) is 11.2. The van der Waals surface area contributed by atoms with Crippen LogP contribution in [0.3, 0.4) is 0 Å². The first-order valence-electron chi connectivity index (χ1n) is 7.82. The summed E-state index contributed by atoms with van der Waals surface area (Å²) in [4.78, 5) is 0. The number of phenols is 1. The number of hydrogen-bond donors (Lipinski definition) is 1. The average Bonchev–Trinajstić information content (AvgIpc) is 3.10. The van der Waals surface area contributed by atoms with Gasteiger partial charge in [-0.1, -0.05) is 12.2 Å². The predicted molar refractivity (Wildman–Crippen MR) is 96.7 cm³/mol. The molecule has 0 spiro atoms. The number of furan rings is 1. The van der Waals surface area contributed by atoms with Crippen molar-refractivity contribution in [3.05, 3.63) is 53.8 Å². The molecular weight excluding hydrogens is 320 g/mol. The van der Waals surface area contributed by atoms with E-state index in [2.05, 4.69) is 0 Å². The molecule has 1 N–H and O–H groups in total. The number of allylic oxidation sites excluding steroid dienone is 1. The van der Waals surface area contributed by atoms with E-state index >= 15 is 0 Å². The van der Waals surface area contributed by atoms with Crippen LogP contribution in [0.2, 0.25) is 0 Å². The number of ether oxygens (including phenoxy) is 3. The molecule has 1 heterocycles. The van der Waals surface area contributed by atoms with Crippen molar-refractivity contribution < 1.29 is 23.7 Å². The Morgan fingerprint density at radius 3 is 2.36 bits per heavy atom. The van der Waals surface area contributed by atoms with Crippen LogP contribution >= 0.6 is 0 Å². The summed E-state index contributed by atoms with van der Waals surface area (Å²) in [5.74, 6) is 1.94. The van der Waals surface area contributed by atoms with Gasteiger partial charge in [-0.15, -0.1) is 0 Å². The van der Waals surface area contributed by atoms with Crippen LogP contribution in [0.15, 0.2) is 47.1 Å². The molecule has 0 atom stereocenters. The van der Waals surface area contributed by atoms with E-state index in [1.54, 1.807) is 33.7 Å². The zero-order valence-electron chi connectivity index (χ0n) is 14.4. The maximum atomic E-state index is 9.99. The van der Waals surface area contributed by atoms with Crippen molar-refractivity contribution in [2.75, 3.05) is 21.3 Å². The van der Waals surface area contributed by atoms with Gasteiger partial charge in [0.05, 0.1) is 27.6 Å². The fourth-order valence-corrected chi connectivity index (χ4v) is 2.77. The molecule has 0 unspecified atom stereocenters. The van der Waals surface area contributed by atoms with Gasteiger partial charge in [0.2, 0.25) is 5.75 Å². The monoisotopic (exact) mass is 340 g/mol. The summed E-state index contributed by atoms with van der Waals surface area (Å²) < 4.78 is 21.3. The van der Waals surface area contributed by atoms with E-state index in [1.807, 2.05) is 36.4 Å². The van der Waals surface area contributed by atoms with Gasteiger partial charge < -0.3 is 23.7 Å². The van der Waals surface area contributed by atoms with Crippen LogP contribution < -0.4 is 14.2 Å². The SMILES string of the molecule is COc1cc(/C=C\Cc2cc(O)c3occc3c2)cc(OC)c1OC. The molecule has 0 aliphatic carbocycles. The molecular formula is C20H20O5. The van der Waals surface area contributed by atoms with Gasteiger partial charge >= 0.3 is 0 Å². The lowest BCUT2D eigenvalue weighted by Crippen LogP contribution is -1.95. The number of benzene rings is 2. The summed E-state index contributed by atoms with van der Waals surface area (Å²) in [7, 11) is 4.76. The van der Waals surface area contributed by atoms with Gasteiger partial charge in [-0.25, -0.2) is 0 Å².